The van der Waals surface area contributed by atoms with Gasteiger partial charge in [-0.25, -0.2) is 4.98 Å². The van der Waals surface area contributed by atoms with Crippen molar-refractivity contribution in [3.63, 3.8) is 0 Å². The molecular formula is C67H78N4O. The molecule has 1 aliphatic rings. The van der Waals surface area contributed by atoms with Gasteiger partial charge in [-0.2, -0.15) is 0 Å². The van der Waals surface area contributed by atoms with Gasteiger partial charge >= 0.3 is 0 Å². The third-order valence-electron chi connectivity index (χ3n) is 14.8. The average molecular weight is 955 g/mol. The maximum Gasteiger partial charge on any atom is 0.137 e. The largest absolute Gasteiger partial charge is 0.457 e. The number of aromatic nitrogens is 2. The Morgan fingerprint density at radius 1 is 0.389 bits per heavy atom. The van der Waals surface area contributed by atoms with Gasteiger partial charge in [-0.3, -0.25) is 4.57 Å². The van der Waals surface area contributed by atoms with Gasteiger partial charge in [0.2, 0.25) is 0 Å². The Hall–Kier alpha value is -6.59. The van der Waals surface area contributed by atoms with Crippen LogP contribution in [0, 0.1) is 10.8 Å². The second-order valence-electron chi connectivity index (χ2n) is 26.0. The highest BCUT2D eigenvalue weighted by atomic mass is 16.5. The van der Waals surface area contributed by atoms with Gasteiger partial charge in [-0.05, 0) is 116 Å². The van der Waals surface area contributed by atoms with E-state index in [1.54, 1.807) is 0 Å². The Bertz CT molecular complexity index is 3300. The second-order valence-corrected chi connectivity index (χ2v) is 26.0. The van der Waals surface area contributed by atoms with Gasteiger partial charge < -0.3 is 14.5 Å². The number of nitrogens with zero attached hydrogens (tertiary/aromatic N) is 4. The minimum absolute atomic E-state index is 0.0209. The van der Waals surface area contributed by atoms with Crippen LogP contribution in [0.25, 0.3) is 38.8 Å². The lowest BCUT2D eigenvalue weighted by Gasteiger charge is -2.35. The van der Waals surface area contributed by atoms with Crippen molar-refractivity contribution in [1.82, 2.24) is 9.55 Å². The first-order valence-corrected chi connectivity index (χ1v) is 26.0. The Morgan fingerprint density at radius 2 is 0.944 bits per heavy atom. The summed E-state index contributed by atoms with van der Waals surface area (Å²) < 4.78 is 9.57. The minimum Gasteiger partial charge on any atom is -0.457 e. The molecule has 0 N–H and O–H groups in total. The number of rotatable bonds is 8. The third-order valence-corrected chi connectivity index (χ3v) is 14.8. The van der Waals surface area contributed by atoms with Crippen LogP contribution in [-0.4, -0.2) is 16.2 Å². The standard InChI is InChI=1S/C67H78N4O/c1-62(2,3)47-32-33-68-59(40-47)71-57-31-28-45(44-24-20-18-21-25-44)34-56(57)55-30-29-53(42-58(55)71)72-54-39-50(67(16,17)46-26-22-19-23-27-46)38-52(41-54)70-43-69(60(65(10,11)12)61(70)66(13,14)15)51-36-48(63(4,5)6)35-49(37-51)64(7,8)9/h18-42H,43H2,1-17H3. The summed E-state index contributed by atoms with van der Waals surface area (Å²) in [6.07, 6.45) is 1.95. The van der Waals surface area contributed by atoms with Crippen LogP contribution >= 0.6 is 0 Å². The fraction of sp³-hybridized carbons (Fsp3) is 0.358. The van der Waals surface area contributed by atoms with Gasteiger partial charge in [0.1, 0.15) is 17.3 Å². The molecule has 5 nitrogen and oxygen atoms in total. The molecule has 1 aliphatic heterocycles. The summed E-state index contributed by atoms with van der Waals surface area (Å²) in [5.41, 5.74) is 15.1. The van der Waals surface area contributed by atoms with E-state index in [-0.39, 0.29) is 32.5 Å². The van der Waals surface area contributed by atoms with Crippen molar-refractivity contribution >= 4 is 33.2 Å². The Labute approximate surface area is 431 Å². The van der Waals surface area contributed by atoms with E-state index in [4.69, 9.17) is 9.72 Å². The van der Waals surface area contributed by atoms with Crippen LogP contribution < -0.4 is 14.5 Å². The molecule has 6 aromatic carbocycles. The van der Waals surface area contributed by atoms with Gasteiger partial charge in [0.15, 0.2) is 0 Å². The first kappa shape index (κ1) is 50.4. The van der Waals surface area contributed by atoms with Crippen molar-refractivity contribution in [2.45, 2.75) is 139 Å². The molecule has 372 valence electrons. The monoisotopic (exact) mass is 955 g/mol. The molecule has 8 aromatic rings. The minimum atomic E-state index is -0.341. The van der Waals surface area contributed by atoms with Gasteiger partial charge in [0.05, 0.1) is 17.7 Å². The first-order valence-electron chi connectivity index (χ1n) is 26.0. The number of anilines is 2. The fourth-order valence-electron chi connectivity index (χ4n) is 10.6. The number of hydrogen-bond donors (Lipinski definition) is 0. The van der Waals surface area contributed by atoms with Crippen LogP contribution in [0.1, 0.15) is 146 Å². The molecule has 0 radical (unpaired) electrons. The van der Waals surface area contributed by atoms with Gasteiger partial charge in [0, 0.05) is 68.1 Å². The predicted molar refractivity (Wildman–Crippen MR) is 307 cm³/mol. The number of fused-ring (bicyclic) bond motifs is 3. The van der Waals surface area contributed by atoms with Crippen LogP contribution in [-0.2, 0) is 21.7 Å². The van der Waals surface area contributed by atoms with Crippen LogP contribution in [0.5, 0.6) is 11.5 Å². The van der Waals surface area contributed by atoms with Crippen LogP contribution in [0.2, 0.25) is 0 Å². The van der Waals surface area contributed by atoms with Gasteiger partial charge in [0.25, 0.3) is 0 Å². The van der Waals surface area contributed by atoms with Crippen LogP contribution in [0.3, 0.4) is 0 Å². The van der Waals surface area contributed by atoms with E-state index in [1.807, 2.05) is 6.20 Å². The van der Waals surface area contributed by atoms with Crippen molar-refractivity contribution in [1.29, 1.82) is 0 Å². The molecule has 0 fully saturated rings. The van der Waals surface area contributed by atoms with E-state index in [0.29, 0.717) is 6.67 Å². The maximum absolute atomic E-state index is 7.26. The molecule has 72 heavy (non-hydrogen) atoms. The maximum atomic E-state index is 7.26. The van der Waals surface area contributed by atoms with Crippen LogP contribution in [0.4, 0.5) is 11.4 Å². The summed E-state index contributed by atoms with van der Waals surface area (Å²) in [7, 11) is 0. The number of allylic oxidation sites excluding steroid dienone is 2. The molecule has 0 aliphatic carbocycles. The van der Waals surface area contributed by atoms with Crippen molar-refractivity contribution in [2.75, 3.05) is 16.5 Å². The second kappa shape index (κ2) is 17.9. The van der Waals surface area contributed by atoms with E-state index in [0.717, 1.165) is 39.4 Å². The highest BCUT2D eigenvalue weighted by Crippen LogP contribution is 2.50. The zero-order chi connectivity index (χ0) is 51.9. The number of benzene rings is 6. The highest BCUT2D eigenvalue weighted by Gasteiger charge is 2.43. The summed E-state index contributed by atoms with van der Waals surface area (Å²) in [5, 5.41) is 2.32. The summed E-state index contributed by atoms with van der Waals surface area (Å²) >= 11 is 0. The number of ether oxygens (including phenoxy) is 1. The Balaban J connectivity index is 1.24. The Morgan fingerprint density at radius 3 is 1.51 bits per heavy atom. The first-order chi connectivity index (χ1) is 33.6. The lowest BCUT2D eigenvalue weighted by molar-refractivity contribution is 0.444. The van der Waals surface area contributed by atoms with E-state index in [1.165, 1.54) is 61.4 Å². The lowest BCUT2D eigenvalue weighted by atomic mass is 9.77. The molecule has 2 aromatic heterocycles. The normalized spacial score (nSPS) is 14.3. The zero-order valence-electron chi connectivity index (χ0n) is 46.3. The highest BCUT2D eigenvalue weighted by molar-refractivity contribution is 6.10. The van der Waals surface area contributed by atoms with Crippen molar-refractivity contribution in [2.24, 2.45) is 10.8 Å². The van der Waals surface area contributed by atoms with Crippen LogP contribution in [0.15, 0.2) is 163 Å². The van der Waals surface area contributed by atoms with E-state index < -0.39 is 0 Å². The lowest BCUT2D eigenvalue weighted by Crippen LogP contribution is -2.32. The van der Waals surface area contributed by atoms with Gasteiger partial charge in [-0.1, -0.05) is 190 Å². The summed E-state index contributed by atoms with van der Waals surface area (Å²) in [6.45, 7) is 40.3. The molecule has 0 spiro atoms. The topological polar surface area (TPSA) is 33.5 Å². The number of pyridine rings is 1. The molecule has 5 heteroatoms. The van der Waals surface area contributed by atoms with E-state index in [9.17, 15) is 0 Å². The quantitative estimate of drug-likeness (QED) is 0.152. The smallest absolute Gasteiger partial charge is 0.137 e. The van der Waals surface area contributed by atoms with Crippen molar-refractivity contribution < 1.29 is 4.74 Å². The molecule has 3 heterocycles. The van der Waals surface area contributed by atoms with Crippen molar-refractivity contribution in [3.05, 3.63) is 191 Å². The van der Waals surface area contributed by atoms with E-state index >= 15 is 0 Å². The predicted octanol–water partition coefficient (Wildman–Crippen LogP) is 18.4. The zero-order valence-corrected chi connectivity index (χ0v) is 46.3. The summed E-state index contributed by atoms with van der Waals surface area (Å²) in [6, 6.07) is 53.6. The Kier molecular flexibility index (Phi) is 12.5. The summed E-state index contributed by atoms with van der Waals surface area (Å²) in [4.78, 5) is 10.2. The van der Waals surface area contributed by atoms with Crippen molar-refractivity contribution in [3.8, 4) is 28.4 Å². The third kappa shape index (κ3) is 9.72. The average Bonchev–Trinajstić information content (AvgIpc) is 3.89. The molecular weight excluding hydrogens is 877 g/mol. The fourth-order valence-corrected chi connectivity index (χ4v) is 10.6. The molecule has 9 rings (SSSR count). The SMILES string of the molecule is CC(C)(C)C1=C(C(C)(C)C)N(c2cc(Oc3ccc4c5cc(-c6ccccc6)ccc5n(-c5cc(C(C)(C)C)ccn5)c4c3)cc(C(C)(C)c3ccccc3)c2)CN1c1cc(C(C)(C)C)cc(C(C)(C)C)c1. The van der Waals surface area contributed by atoms with Gasteiger partial charge in [-0.15, -0.1) is 0 Å². The molecule has 0 atom stereocenters. The summed E-state index contributed by atoms with van der Waals surface area (Å²) in [5.74, 6) is 2.45. The molecule has 0 saturated carbocycles. The molecule has 0 saturated heterocycles. The molecule has 0 amide bonds. The molecule has 0 unspecified atom stereocenters. The molecule has 0 bridgehead atoms. The number of hydrogen-bond acceptors (Lipinski definition) is 4. The van der Waals surface area contributed by atoms with E-state index in [2.05, 4.69) is 278 Å².